The van der Waals surface area contributed by atoms with Crippen LogP contribution in [0.4, 0.5) is 4.39 Å². The van der Waals surface area contributed by atoms with Crippen LogP contribution < -0.4 is 5.56 Å². The van der Waals surface area contributed by atoms with Gasteiger partial charge in [-0.05, 0) is 43.3 Å². The largest absolute Gasteiger partial charge is 0.507 e. The number of halogens is 1. The molecular weight excluding hydrogens is 393 g/mol. The lowest BCUT2D eigenvalue weighted by atomic mass is 9.95. The van der Waals surface area contributed by atoms with Crippen molar-refractivity contribution < 1.29 is 9.50 Å². The third kappa shape index (κ3) is 4.55. The van der Waals surface area contributed by atoms with Gasteiger partial charge in [-0.3, -0.25) is 9.69 Å². The van der Waals surface area contributed by atoms with Crippen molar-refractivity contribution in [3.05, 3.63) is 99.2 Å². The molecule has 0 aliphatic carbocycles. The number of pyridine rings is 1. The summed E-state index contributed by atoms with van der Waals surface area (Å²) in [6, 6.07) is 17.2. The fourth-order valence-corrected chi connectivity index (χ4v) is 4.31. The lowest BCUT2D eigenvalue weighted by molar-refractivity contribution is 0.125. The van der Waals surface area contributed by atoms with Crippen LogP contribution in [0.2, 0.25) is 0 Å². The molecular formula is C25H28FN3O2. The number of nitrogens with zero attached hydrogens (tertiary/aromatic N) is 3. The summed E-state index contributed by atoms with van der Waals surface area (Å²) in [5.74, 6) is -0.396. The van der Waals surface area contributed by atoms with Crippen LogP contribution in [0.5, 0.6) is 5.75 Å². The standard InChI is InChI=1S/C25H28FN3O2/c1-18-15-22(30)23(25(31)29(18)17-19-7-4-3-5-8-19)24(20-9-6-10-21(26)16-20)28-13-11-27(2)12-14-28/h3-10,15-16,24,30H,11-14,17H2,1-2H3/t24-/m1/s1. The predicted octanol–water partition coefficient (Wildman–Crippen LogP) is 3.39. The Hall–Kier alpha value is -2.96. The first-order valence-corrected chi connectivity index (χ1v) is 10.6. The Balaban J connectivity index is 1.84. The number of hydrogen-bond donors (Lipinski definition) is 1. The molecule has 1 N–H and O–H groups in total. The van der Waals surface area contributed by atoms with Crippen LogP contribution in [0.1, 0.15) is 28.4 Å². The topological polar surface area (TPSA) is 48.7 Å². The van der Waals surface area contributed by atoms with Gasteiger partial charge in [0.1, 0.15) is 11.6 Å². The molecule has 1 aliphatic rings. The van der Waals surface area contributed by atoms with Gasteiger partial charge in [-0.2, -0.15) is 0 Å². The maximum atomic E-state index is 14.1. The van der Waals surface area contributed by atoms with Crippen molar-refractivity contribution in [3.8, 4) is 5.75 Å². The quantitative estimate of drug-likeness (QED) is 0.686. The van der Waals surface area contributed by atoms with Gasteiger partial charge >= 0.3 is 0 Å². The Morgan fingerprint density at radius 3 is 2.39 bits per heavy atom. The van der Waals surface area contributed by atoms with Gasteiger partial charge in [0, 0.05) is 31.9 Å². The van der Waals surface area contributed by atoms with E-state index in [1.165, 1.54) is 12.1 Å². The molecule has 1 aromatic heterocycles. The first kappa shape index (κ1) is 21.3. The molecule has 162 valence electrons. The monoisotopic (exact) mass is 421 g/mol. The highest BCUT2D eigenvalue weighted by molar-refractivity contribution is 5.41. The number of aryl methyl sites for hydroxylation is 1. The lowest BCUT2D eigenvalue weighted by Crippen LogP contribution is -2.47. The second kappa shape index (κ2) is 9.04. The van der Waals surface area contributed by atoms with Crippen molar-refractivity contribution in [2.45, 2.75) is 19.5 Å². The number of rotatable bonds is 5. The van der Waals surface area contributed by atoms with Gasteiger partial charge in [0.25, 0.3) is 5.56 Å². The van der Waals surface area contributed by atoms with E-state index < -0.39 is 6.04 Å². The van der Waals surface area contributed by atoms with Crippen LogP contribution in [0.15, 0.2) is 65.5 Å². The zero-order valence-corrected chi connectivity index (χ0v) is 18.0. The molecule has 31 heavy (non-hydrogen) atoms. The molecule has 1 aliphatic heterocycles. The Kier molecular flexibility index (Phi) is 6.20. The fourth-order valence-electron chi connectivity index (χ4n) is 4.31. The van der Waals surface area contributed by atoms with Crippen LogP contribution in [-0.4, -0.2) is 52.7 Å². The SMILES string of the molecule is Cc1cc(O)c([C@@H](c2cccc(F)c2)N2CCN(C)CC2)c(=O)n1Cc1ccccc1. The molecule has 0 radical (unpaired) electrons. The van der Waals surface area contributed by atoms with E-state index in [-0.39, 0.29) is 17.1 Å². The van der Waals surface area contributed by atoms with E-state index >= 15 is 0 Å². The van der Waals surface area contributed by atoms with E-state index in [4.69, 9.17) is 0 Å². The first-order chi connectivity index (χ1) is 14.9. The lowest BCUT2D eigenvalue weighted by Gasteiger charge is -2.38. The molecule has 0 amide bonds. The number of hydrogen-bond acceptors (Lipinski definition) is 4. The molecule has 1 saturated heterocycles. The van der Waals surface area contributed by atoms with Crippen molar-refractivity contribution in [3.63, 3.8) is 0 Å². The third-order valence-corrected chi connectivity index (χ3v) is 6.05. The molecule has 5 nitrogen and oxygen atoms in total. The second-order valence-electron chi connectivity index (χ2n) is 8.26. The summed E-state index contributed by atoms with van der Waals surface area (Å²) in [7, 11) is 2.06. The minimum Gasteiger partial charge on any atom is -0.507 e. The summed E-state index contributed by atoms with van der Waals surface area (Å²) in [4.78, 5) is 18.1. The van der Waals surface area contributed by atoms with Crippen molar-refractivity contribution in [1.82, 2.24) is 14.4 Å². The van der Waals surface area contributed by atoms with E-state index in [1.54, 1.807) is 16.7 Å². The van der Waals surface area contributed by atoms with Crippen molar-refractivity contribution in [2.75, 3.05) is 33.2 Å². The van der Waals surface area contributed by atoms with E-state index in [9.17, 15) is 14.3 Å². The molecule has 0 saturated carbocycles. The molecule has 1 fully saturated rings. The normalized spacial score (nSPS) is 16.4. The second-order valence-corrected chi connectivity index (χ2v) is 8.26. The molecule has 6 heteroatoms. The van der Waals surface area contributed by atoms with Crippen molar-refractivity contribution >= 4 is 0 Å². The molecule has 0 bridgehead atoms. The molecule has 0 unspecified atom stereocenters. The highest BCUT2D eigenvalue weighted by Crippen LogP contribution is 2.33. The highest BCUT2D eigenvalue weighted by Gasteiger charge is 2.31. The predicted molar refractivity (Wildman–Crippen MR) is 120 cm³/mol. The smallest absolute Gasteiger partial charge is 0.259 e. The van der Waals surface area contributed by atoms with Crippen molar-refractivity contribution in [1.29, 1.82) is 0 Å². The Labute approximate surface area is 182 Å². The summed E-state index contributed by atoms with van der Waals surface area (Å²) in [6.07, 6.45) is 0. The van der Waals surface area contributed by atoms with Crippen LogP contribution in [0.25, 0.3) is 0 Å². The summed E-state index contributed by atoms with van der Waals surface area (Å²) in [5.41, 5.74) is 2.43. The number of aromatic nitrogens is 1. The summed E-state index contributed by atoms with van der Waals surface area (Å²) >= 11 is 0. The number of piperazine rings is 1. The fraction of sp³-hybridized carbons (Fsp3) is 0.320. The minimum absolute atomic E-state index is 0.0417. The summed E-state index contributed by atoms with van der Waals surface area (Å²) in [6.45, 7) is 5.37. The van der Waals surface area contributed by atoms with Gasteiger partial charge in [-0.1, -0.05) is 42.5 Å². The average Bonchev–Trinajstić information content (AvgIpc) is 2.76. The van der Waals surface area contributed by atoms with Gasteiger partial charge in [0.2, 0.25) is 0 Å². The van der Waals surface area contributed by atoms with Gasteiger partial charge in [-0.25, -0.2) is 4.39 Å². The van der Waals surface area contributed by atoms with Gasteiger partial charge < -0.3 is 14.6 Å². The van der Waals surface area contributed by atoms with Crippen LogP contribution in [0.3, 0.4) is 0 Å². The summed E-state index contributed by atoms with van der Waals surface area (Å²) in [5, 5.41) is 10.9. The molecule has 2 heterocycles. The Morgan fingerprint density at radius 2 is 1.71 bits per heavy atom. The Morgan fingerprint density at radius 1 is 1.00 bits per heavy atom. The average molecular weight is 422 g/mol. The summed E-state index contributed by atoms with van der Waals surface area (Å²) < 4.78 is 15.8. The van der Waals surface area contributed by atoms with E-state index in [0.29, 0.717) is 23.4 Å². The molecule has 4 rings (SSSR count). The molecule has 1 atom stereocenters. The molecule has 3 aromatic rings. The number of benzene rings is 2. The molecule has 2 aromatic carbocycles. The maximum Gasteiger partial charge on any atom is 0.259 e. The van der Waals surface area contributed by atoms with Gasteiger partial charge in [-0.15, -0.1) is 0 Å². The molecule has 0 spiro atoms. The van der Waals surface area contributed by atoms with Gasteiger partial charge in [0.15, 0.2) is 0 Å². The van der Waals surface area contributed by atoms with Crippen LogP contribution in [-0.2, 0) is 6.54 Å². The number of likely N-dealkylation sites (N-methyl/N-ethyl adjacent to an activating group) is 1. The minimum atomic E-state index is -0.514. The first-order valence-electron chi connectivity index (χ1n) is 10.6. The maximum absolute atomic E-state index is 14.1. The highest BCUT2D eigenvalue weighted by atomic mass is 19.1. The third-order valence-electron chi connectivity index (χ3n) is 6.05. The Bertz CT molecular complexity index is 1110. The number of aromatic hydroxyl groups is 1. The van der Waals surface area contributed by atoms with Gasteiger partial charge in [0.05, 0.1) is 18.2 Å². The van der Waals surface area contributed by atoms with Crippen LogP contribution >= 0.6 is 0 Å². The van der Waals surface area contributed by atoms with E-state index in [1.807, 2.05) is 43.3 Å². The zero-order valence-electron chi connectivity index (χ0n) is 18.0. The van der Waals surface area contributed by atoms with Crippen LogP contribution in [0, 0.1) is 12.7 Å². The van der Waals surface area contributed by atoms with E-state index in [2.05, 4.69) is 16.8 Å². The van der Waals surface area contributed by atoms with E-state index in [0.717, 1.165) is 31.7 Å². The zero-order chi connectivity index (χ0) is 22.0. The van der Waals surface area contributed by atoms with Crippen molar-refractivity contribution in [2.24, 2.45) is 0 Å².